The van der Waals surface area contributed by atoms with Crippen LogP contribution in [-0.2, 0) is 10.0 Å². The molecule has 0 aliphatic rings. The lowest BCUT2D eigenvalue weighted by atomic mass is 10.2. The van der Waals surface area contributed by atoms with Crippen LogP contribution in [0.15, 0.2) is 17.0 Å². The largest absolute Gasteiger partial charge is 0.496 e. The summed E-state index contributed by atoms with van der Waals surface area (Å²) in [5.41, 5.74) is 0.639. The fourth-order valence-corrected chi connectivity index (χ4v) is 2.01. The third-order valence-electron chi connectivity index (χ3n) is 1.86. The van der Waals surface area contributed by atoms with Crippen molar-refractivity contribution >= 4 is 10.0 Å². The highest BCUT2D eigenvalue weighted by Crippen LogP contribution is 2.20. The molecule has 1 rings (SSSR count). The van der Waals surface area contributed by atoms with Crippen molar-refractivity contribution in [3.63, 3.8) is 0 Å². The van der Waals surface area contributed by atoms with Crippen LogP contribution in [-0.4, -0.2) is 22.6 Å². The van der Waals surface area contributed by atoms with Gasteiger partial charge in [-0.2, -0.15) is 0 Å². The van der Waals surface area contributed by atoms with Gasteiger partial charge >= 0.3 is 0 Å². The molecule has 1 N–H and O–H groups in total. The first-order valence-corrected chi connectivity index (χ1v) is 5.49. The predicted octanol–water partition coefficient (Wildman–Crippen LogP) is 0.712. The highest BCUT2D eigenvalue weighted by Gasteiger charge is 2.15. The molecule has 0 aliphatic carbocycles. The van der Waals surface area contributed by atoms with Gasteiger partial charge in [0.05, 0.1) is 12.0 Å². The van der Waals surface area contributed by atoms with Crippen molar-refractivity contribution in [1.82, 2.24) is 4.72 Å². The standard InChI is InChI=1S/C9H12NO3S/c1-7-4-5-8(13-3)6-9(7)14(11,12)10-2/h4,6,10H,1-3H3. The summed E-state index contributed by atoms with van der Waals surface area (Å²) in [5, 5.41) is 0. The lowest BCUT2D eigenvalue weighted by molar-refractivity contribution is 0.412. The zero-order valence-electron chi connectivity index (χ0n) is 8.29. The highest BCUT2D eigenvalue weighted by molar-refractivity contribution is 7.89. The van der Waals surface area contributed by atoms with Gasteiger partial charge in [-0.25, -0.2) is 13.1 Å². The molecule has 77 valence electrons. The molecule has 1 radical (unpaired) electrons. The highest BCUT2D eigenvalue weighted by atomic mass is 32.2. The van der Waals surface area contributed by atoms with Gasteiger partial charge in [-0.3, -0.25) is 0 Å². The Morgan fingerprint density at radius 3 is 2.64 bits per heavy atom. The predicted molar refractivity (Wildman–Crippen MR) is 52.8 cm³/mol. The quantitative estimate of drug-likeness (QED) is 0.806. The molecule has 5 heteroatoms. The minimum atomic E-state index is -3.41. The maximum Gasteiger partial charge on any atom is 0.240 e. The van der Waals surface area contributed by atoms with E-state index in [1.54, 1.807) is 13.0 Å². The molecule has 0 aliphatic heterocycles. The molecule has 1 aromatic rings. The molecule has 0 atom stereocenters. The van der Waals surface area contributed by atoms with Gasteiger partial charge < -0.3 is 4.74 Å². The Kier molecular flexibility index (Phi) is 3.13. The molecule has 0 amide bonds. The number of hydrogen-bond acceptors (Lipinski definition) is 3. The van der Waals surface area contributed by atoms with E-state index < -0.39 is 10.0 Å². The van der Waals surface area contributed by atoms with Crippen LogP contribution in [0, 0.1) is 13.0 Å². The van der Waals surface area contributed by atoms with E-state index in [0.29, 0.717) is 11.3 Å². The summed E-state index contributed by atoms with van der Waals surface area (Å²) < 4.78 is 30.2. The van der Waals surface area contributed by atoms with Crippen LogP contribution in [0.3, 0.4) is 0 Å². The Bertz CT molecular complexity index is 426. The summed E-state index contributed by atoms with van der Waals surface area (Å²) in [5.74, 6) is 0.407. The first-order chi connectivity index (χ1) is 6.51. The summed E-state index contributed by atoms with van der Waals surface area (Å²) in [6, 6.07) is 5.84. The summed E-state index contributed by atoms with van der Waals surface area (Å²) in [6.45, 7) is 1.71. The van der Waals surface area contributed by atoms with Crippen molar-refractivity contribution in [2.24, 2.45) is 0 Å². The van der Waals surface area contributed by atoms with Crippen molar-refractivity contribution < 1.29 is 13.2 Å². The zero-order valence-corrected chi connectivity index (χ0v) is 9.10. The van der Waals surface area contributed by atoms with Crippen LogP contribution in [0.2, 0.25) is 0 Å². The van der Waals surface area contributed by atoms with E-state index in [0.717, 1.165) is 0 Å². The van der Waals surface area contributed by atoms with Gasteiger partial charge in [-0.15, -0.1) is 0 Å². The Morgan fingerprint density at radius 1 is 1.50 bits per heavy atom. The molecule has 4 nitrogen and oxygen atoms in total. The molecule has 1 aromatic carbocycles. The van der Waals surface area contributed by atoms with Gasteiger partial charge in [0, 0.05) is 12.1 Å². The van der Waals surface area contributed by atoms with Gasteiger partial charge in [0.1, 0.15) is 5.75 Å². The zero-order chi connectivity index (χ0) is 10.8. The van der Waals surface area contributed by atoms with E-state index in [9.17, 15) is 8.42 Å². The van der Waals surface area contributed by atoms with Crippen LogP contribution in [0.1, 0.15) is 5.56 Å². The molecular formula is C9H12NO3S. The first kappa shape index (κ1) is 11.0. The summed E-state index contributed by atoms with van der Waals surface area (Å²) in [6.07, 6.45) is 0. The third kappa shape index (κ3) is 2.05. The number of nitrogens with one attached hydrogen (secondary N) is 1. The molecule has 14 heavy (non-hydrogen) atoms. The molecule has 0 spiro atoms. The lowest BCUT2D eigenvalue weighted by Gasteiger charge is -2.07. The van der Waals surface area contributed by atoms with Crippen molar-refractivity contribution in [1.29, 1.82) is 0 Å². The average Bonchev–Trinajstić information content (AvgIpc) is 2.18. The van der Waals surface area contributed by atoms with Crippen molar-refractivity contribution in [2.75, 3.05) is 14.2 Å². The first-order valence-electron chi connectivity index (χ1n) is 4.01. The van der Waals surface area contributed by atoms with Gasteiger partial charge in [0.25, 0.3) is 0 Å². The van der Waals surface area contributed by atoms with E-state index in [1.165, 1.54) is 20.2 Å². The molecule has 0 fully saturated rings. The van der Waals surface area contributed by atoms with Crippen LogP contribution < -0.4 is 9.46 Å². The van der Waals surface area contributed by atoms with Gasteiger partial charge in [0.15, 0.2) is 0 Å². The van der Waals surface area contributed by atoms with E-state index in [1.807, 2.05) is 0 Å². The molecule has 0 unspecified atom stereocenters. The lowest BCUT2D eigenvalue weighted by Crippen LogP contribution is -2.19. The second kappa shape index (κ2) is 3.98. The summed E-state index contributed by atoms with van der Waals surface area (Å²) in [7, 11) is -0.569. The van der Waals surface area contributed by atoms with E-state index >= 15 is 0 Å². The van der Waals surface area contributed by atoms with Gasteiger partial charge in [0.2, 0.25) is 10.0 Å². The van der Waals surface area contributed by atoms with Crippen molar-refractivity contribution in [3.05, 3.63) is 23.8 Å². The van der Waals surface area contributed by atoms with Crippen LogP contribution in [0.25, 0.3) is 0 Å². The Labute approximate surface area is 84.0 Å². The number of sulfonamides is 1. The number of methoxy groups -OCH3 is 1. The van der Waals surface area contributed by atoms with Gasteiger partial charge in [-0.05, 0) is 25.6 Å². The van der Waals surface area contributed by atoms with Crippen molar-refractivity contribution in [2.45, 2.75) is 11.8 Å². The third-order valence-corrected chi connectivity index (χ3v) is 3.42. The monoisotopic (exact) mass is 214 g/mol. The number of benzene rings is 1. The Balaban J connectivity index is 3.33. The maximum absolute atomic E-state index is 11.5. The molecule has 0 aromatic heterocycles. The normalized spacial score (nSPS) is 11.4. The summed E-state index contributed by atoms with van der Waals surface area (Å²) in [4.78, 5) is 0.218. The minimum Gasteiger partial charge on any atom is -0.496 e. The van der Waals surface area contributed by atoms with Crippen LogP contribution in [0.5, 0.6) is 5.75 Å². The molecular weight excluding hydrogens is 202 g/mol. The number of rotatable bonds is 3. The van der Waals surface area contributed by atoms with E-state index in [2.05, 4.69) is 10.8 Å². The van der Waals surface area contributed by atoms with E-state index in [4.69, 9.17) is 4.74 Å². The summed E-state index contributed by atoms with van der Waals surface area (Å²) >= 11 is 0. The Hall–Kier alpha value is -1.07. The maximum atomic E-state index is 11.5. The molecule has 0 bridgehead atoms. The van der Waals surface area contributed by atoms with Crippen LogP contribution >= 0.6 is 0 Å². The van der Waals surface area contributed by atoms with E-state index in [-0.39, 0.29) is 4.90 Å². The van der Waals surface area contributed by atoms with Crippen LogP contribution in [0.4, 0.5) is 0 Å². The SMILES string of the molecule is CNS(=O)(=O)c1cc(OC)[c]cc1C. The number of aryl methyl sites for hydroxylation is 1. The fraction of sp³-hybridized carbons (Fsp3) is 0.333. The minimum absolute atomic E-state index is 0.218. The topological polar surface area (TPSA) is 55.4 Å². The van der Waals surface area contributed by atoms with Crippen molar-refractivity contribution in [3.8, 4) is 5.75 Å². The number of ether oxygens (including phenoxy) is 1. The molecule has 0 heterocycles. The fourth-order valence-electron chi connectivity index (χ4n) is 1.04. The smallest absolute Gasteiger partial charge is 0.240 e. The number of hydrogen-bond donors (Lipinski definition) is 1. The Morgan fingerprint density at radius 2 is 2.14 bits per heavy atom. The molecule has 0 saturated carbocycles. The second-order valence-electron chi connectivity index (χ2n) is 2.76. The molecule has 0 saturated heterocycles. The van der Waals surface area contributed by atoms with Gasteiger partial charge in [-0.1, -0.05) is 0 Å². The second-order valence-corrected chi connectivity index (χ2v) is 4.61. The average molecular weight is 214 g/mol.